The molecule has 0 bridgehead atoms. The van der Waals surface area contributed by atoms with Crippen molar-refractivity contribution < 1.29 is 4.74 Å². The van der Waals surface area contributed by atoms with Crippen LogP contribution in [0.4, 0.5) is 0 Å². The van der Waals surface area contributed by atoms with Crippen LogP contribution in [0.25, 0.3) is 0 Å². The Morgan fingerprint density at radius 3 is 2.73 bits per heavy atom. The van der Waals surface area contributed by atoms with Gasteiger partial charge in [-0.05, 0) is 12.5 Å². The predicted molar refractivity (Wildman–Crippen MR) is 64.2 cm³/mol. The number of nitrogens with one attached hydrogen (secondary N) is 1. The van der Waals surface area contributed by atoms with E-state index in [1.54, 1.807) is 18.4 Å². The second kappa shape index (κ2) is 5.58. The molecule has 0 saturated carbocycles. The first kappa shape index (κ1) is 12.6. The molecule has 3 nitrogen and oxygen atoms in total. The molecule has 0 aliphatic carbocycles. The Kier molecular flexibility index (Phi) is 4.70. The maximum absolute atomic E-state index is 5.35. The van der Waals surface area contributed by atoms with E-state index >= 15 is 0 Å². The van der Waals surface area contributed by atoms with E-state index in [1.165, 1.54) is 0 Å². The van der Waals surface area contributed by atoms with E-state index in [-0.39, 0.29) is 5.54 Å². The molecule has 0 spiro atoms. The Hall–Kier alpha value is -0.450. The highest BCUT2D eigenvalue weighted by Gasteiger charge is 2.37. The van der Waals surface area contributed by atoms with E-state index < -0.39 is 0 Å². The number of likely N-dealkylation sites (N-methyl/N-ethyl adjacent to an activating group) is 1. The van der Waals surface area contributed by atoms with Crippen molar-refractivity contribution in [3.05, 3.63) is 16.6 Å². The fourth-order valence-electron chi connectivity index (χ4n) is 1.79. The number of ether oxygens (including phenoxy) is 1. The summed E-state index contributed by atoms with van der Waals surface area (Å²) in [6.07, 6.45) is 1.85. The van der Waals surface area contributed by atoms with Crippen molar-refractivity contribution in [3.8, 4) is 0 Å². The Labute approximate surface area is 95.9 Å². The summed E-state index contributed by atoms with van der Waals surface area (Å²) in [5, 5.41) is 6.65. The lowest BCUT2D eigenvalue weighted by molar-refractivity contribution is 0.0774. The van der Waals surface area contributed by atoms with Crippen molar-refractivity contribution >= 4 is 11.3 Å². The highest BCUT2D eigenvalue weighted by molar-refractivity contribution is 7.09. The van der Waals surface area contributed by atoms with Gasteiger partial charge in [0, 0.05) is 18.7 Å². The van der Waals surface area contributed by atoms with Gasteiger partial charge in [0.2, 0.25) is 0 Å². The van der Waals surface area contributed by atoms with E-state index in [0.29, 0.717) is 12.5 Å². The van der Waals surface area contributed by atoms with Crippen molar-refractivity contribution in [2.45, 2.75) is 26.3 Å². The van der Waals surface area contributed by atoms with Gasteiger partial charge >= 0.3 is 0 Å². The minimum absolute atomic E-state index is 0.141. The van der Waals surface area contributed by atoms with Gasteiger partial charge in [-0.2, -0.15) is 0 Å². The predicted octanol–water partition coefficient (Wildman–Crippen LogP) is 2.25. The number of nitrogens with zero attached hydrogens (tertiary/aromatic N) is 1. The molecular formula is C11H20N2OS. The summed E-state index contributed by atoms with van der Waals surface area (Å²) in [4.78, 5) is 4.42. The molecule has 0 saturated heterocycles. The third-order valence-corrected chi connectivity index (χ3v) is 3.61. The van der Waals surface area contributed by atoms with Crippen molar-refractivity contribution in [1.29, 1.82) is 0 Å². The summed E-state index contributed by atoms with van der Waals surface area (Å²) >= 11 is 1.68. The first-order valence-corrected chi connectivity index (χ1v) is 6.19. The molecular weight excluding hydrogens is 208 g/mol. The molecule has 0 aliphatic rings. The molecule has 1 heterocycles. The van der Waals surface area contributed by atoms with Crippen LogP contribution in [0.5, 0.6) is 0 Å². The molecule has 1 aromatic rings. The molecule has 0 aliphatic heterocycles. The Bertz CT molecular complexity index is 266. The summed E-state index contributed by atoms with van der Waals surface area (Å²) < 4.78 is 5.35. The van der Waals surface area contributed by atoms with Crippen LogP contribution in [-0.2, 0) is 10.3 Å². The second-order valence-corrected chi connectivity index (χ2v) is 4.82. The van der Waals surface area contributed by atoms with E-state index in [4.69, 9.17) is 4.74 Å². The lowest BCUT2D eigenvalue weighted by Gasteiger charge is -2.36. The maximum Gasteiger partial charge on any atom is 0.115 e. The molecule has 86 valence electrons. The number of hydrogen-bond acceptors (Lipinski definition) is 4. The van der Waals surface area contributed by atoms with Crippen LogP contribution in [-0.4, -0.2) is 25.2 Å². The Morgan fingerprint density at radius 2 is 2.33 bits per heavy atom. The zero-order valence-electron chi connectivity index (χ0n) is 9.91. The molecule has 1 aromatic heterocycles. The third kappa shape index (κ3) is 2.56. The van der Waals surface area contributed by atoms with E-state index in [9.17, 15) is 0 Å². The van der Waals surface area contributed by atoms with Gasteiger partial charge in [-0.15, -0.1) is 11.3 Å². The average Bonchev–Trinajstić information content (AvgIpc) is 2.70. The monoisotopic (exact) mass is 228 g/mol. The fourth-order valence-corrected chi connectivity index (χ4v) is 2.74. The summed E-state index contributed by atoms with van der Waals surface area (Å²) in [6, 6.07) is 0. The van der Waals surface area contributed by atoms with Crippen LogP contribution < -0.4 is 5.32 Å². The van der Waals surface area contributed by atoms with Crippen LogP contribution in [0, 0.1) is 5.92 Å². The lowest BCUT2D eigenvalue weighted by Crippen LogP contribution is -2.50. The van der Waals surface area contributed by atoms with Crippen LogP contribution in [0.2, 0.25) is 0 Å². The number of hydrogen-bond donors (Lipinski definition) is 1. The average molecular weight is 228 g/mol. The van der Waals surface area contributed by atoms with Gasteiger partial charge in [0.1, 0.15) is 5.01 Å². The molecule has 4 heteroatoms. The van der Waals surface area contributed by atoms with Gasteiger partial charge in [-0.3, -0.25) is 0 Å². The SMILES string of the molecule is CCNC(COC)(c1nccs1)C(C)C. The van der Waals surface area contributed by atoms with Crippen molar-refractivity contribution in [2.75, 3.05) is 20.3 Å². The van der Waals surface area contributed by atoms with E-state index in [2.05, 4.69) is 31.1 Å². The first-order chi connectivity index (χ1) is 7.17. The molecule has 1 atom stereocenters. The fraction of sp³-hybridized carbons (Fsp3) is 0.727. The third-order valence-electron chi connectivity index (χ3n) is 2.66. The minimum atomic E-state index is -0.141. The largest absolute Gasteiger partial charge is 0.382 e. The summed E-state index contributed by atoms with van der Waals surface area (Å²) in [5.41, 5.74) is -0.141. The zero-order valence-corrected chi connectivity index (χ0v) is 10.7. The first-order valence-electron chi connectivity index (χ1n) is 5.31. The lowest BCUT2D eigenvalue weighted by atomic mass is 9.87. The van der Waals surface area contributed by atoms with Gasteiger partial charge in [-0.1, -0.05) is 20.8 Å². The van der Waals surface area contributed by atoms with Crippen molar-refractivity contribution in [1.82, 2.24) is 10.3 Å². The highest BCUT2D eigenvalue weighted by Crippen LogP contribution is 2.31. The topological polar surface area (TPSA) is 34.1 Å². The molecule has 15 heavy (non-hydrogen) atoms. The number of methoxy groups -OCH3 is 1. The van der Waals surface area contributed by atoms with Crippen LogP contribution in [0.1, 0.15) is 25.8 Å². The molecule has 0 amide bonds. The van der Waals surface area contributed by atoms with E-state index in [1.807, 2.05) is 11.6 Å². The zero-order chi connectivity index (χ0) is 11.3. The number of aromatic nitrogens is 1. The Morgan fingerprint density at radius 1 is 1.60 bits per heavy atom. The summed E-state index contributed by atoms with van der Waals surface area (Å²) in [7, 11) is 1.74. The van der Waals surface area contributed by atoms with E-state index in [0.717, 1.165) is 11.6 Å². The quantitative estimate of drug-likeness (QED) is 0.811. The highest BCUT2D eigenvalue weighted by atomic mass is 32.1. The van der Waals surface area contributed by atoms with Gasteiger partial charge in [0.25, 0.3) is 0 Å². The normalized spacial score (nSPS) is 15.5. The smallest absolute Gasteiger partial charge is 0.115 e. The number of rotatable bonds is 6. The van der Waals surface area contributed by atoms with Gasteiger partial charge < -0.3 is 10.1 Å². The summed E-state index contributed by atoms with van der Waals surface area (Å²) in [6.45, 7) is 8.08. The minimum Gasteiger partial charge on any atom is -0.382 e. The second-order valence-electron chi connectivity index (χ2n) is 3.93. The van der Waals surface area contributed by atoms with Crippen LogP contribution in [0.15, 0.2) is 11.6 Å². The molecule has 1 rings (SSSR count). The van der Waals surface area contributed by atoms with Crippen LogP contribution in [0.3, 0.4) is 0 Å². The van der Waals surface area contributed by atoms with Crippen molar-refractivity contribution in [2.24, 2.45) is 5.92 Å². The number of thiazole rings is 1. The van der Waals surface area contributed by atoms with Gasteiger partial charge in [0.15, 0.2) is 0 Å². The van der Waals surface area contributed by atoms with Gasteiger partial charge in [-0.25, -0.2) is 4.98 Å². The Balaban J connectivity index is 3.01. The molecule has 1 N–H and O–H groups in total. The molecule has 0 fully saturated rings. The van der Waals surface area contributed by atoms with Crippen molar-refractivity contribution in [3.63, 3.8) is 0 Å². The molecule has 0 radical (unpaired) electrons. The standard InChI is InChI=1S/C11H20N2OS/c1-5-13-11(8-14-4,9(2)3)10-12-6-7-15-10/h6-7,9,13H,5,8H2,1-4H3. The maximum atomic E-state index is 5.35. The van der Waals surface area contributed by atoms with Crippen LogP contribution >= 0.6 is 11.3 Å². The molecule has 0 aromatic carbocycles. The molecule has 1 unspecified atom stereocenters. The summed E-state index contributed by atoms with van der Waals surface area (Å²) in [5.74, 6) is 0.448. The van der Waals surface area contributed by atoms with Gasteiger partial charge in [0.05, 0.1) is 12.1 Å².